The second-order valence-corrected chi connectivity index (χ2v) is 7.07. The van der Waals surface area contributed by atoms with Gasteiger partial charge in [-0.2, -0.15) is 0 Å². The average Bonchev–Trinajstić information content (AvgIpc) is 2.61. The summed E-state index contributed by atoms with van der Waals surface area (Å²) < 4.78 is -0.161. The molecule has 3 rings (SSSR count). The molecule has 5 heteroatoms. The van der Waals surface area contributed by atoms with Crippen molar-refractivity contribution in [2.45, 2.75) is 23.5 Å². The monoisotopic (exact) mass is 537 g/mol. The molecule has 1 aliphatic rings. The molecule has 2 aromatic rings. The topological polar surface area (TPSA) is 15.6 Å². The van der Waals surface area contributed by atoms with E-state index in [9.17, 15) is 0 Å². The summed E-state index contributed by atoms with van der Waals surface area (Å²) >= 11 is 10.3. The maximum absolute atomic E-state index is 5.17. The fraction of sp³-hybridized carbons (Fsp3) is 0.316. The third-order valence-electron chi connectivity index (χ3n) is 4.35. The van der Waals surface area contributed by atoms with Crippen LogP contribution in [0.4, 0.5) is 5.69 Å². The molecular formula is C19H20AuN2S2-2. The smallest absolute Gasteiger partial charge is 0.0630 e. The number of aliphatic imine (C=N–C) groups is 1. The van der Waals surface area contributed by atoms with Crippen molar-refractivity contribution in [3.8, 4) is 0 Å². The van der Waals surface area contributed by atoms with E-state index in [0.29, 0.717) is 5.92 Å². The first kappa shape index (κ1) is 19.8. The summed E-state index contributed by atoms with van der Waals surface area (Å²) in [6.07, 6.45) is 4.17. The van der Waals surface area contributed by atoms with Gasteiger partial charge < -0.3 is 30.2 Å². The molecule has 1 fully saturated rings. The van der Waals surface area contributed by atoms with Crippen LogP contribution in [0.2, 0.25) is 0 Å². The van der Waals surface area contributed by atoms with Crippen molar-refractivity contribution in [1.29, 1.82) is 0 Å². The molecule has 1 aliphatic heterocycles. The van der Waals surface area contributed by atoms with Crippen LogP contribution in [0.3, 0.4) is 0 Å². The Bertz CT molecular complexity index is 636. The molecule has 1 heterocycles. The molecule has 2 nitrogen and oxygen atoms in total. The van der Waals surface area contributed by atoms with E-state index in [2.05, 4.69) is 46.3 Å². The third-order valence-corrected chi connectivity index (χ3v) is 4.95. The van der Waals surface area contributed by atoms with Crippen molar-refractivity contribution in [3.05, 3.63) is 65.7 Å². The van der Waals surface area contributed by atoms with E-state index in [-0.39, 0.29) is 27.1 Å². The fourth-order valence-electron chi connectivity index (χ4n) is 2.96. The number of rotatable bonds is 4. The normalized spacial score (nSPS) is 16.5. The molecule has 1 radical (unpaired) electrons. The van der Waals surface area contributed by atoms with Gasteiger partial charge in [-0.15, -0.1) is 0 Å². The molecule has 0 aromatic heterocycles. The molecule has 0 N–H and O–H groups in total. The Balaban J connectivity index is 0.00000208. The maximum Gasteiger partial charge on any atom is 0.0630 e. The number of hydrogen-bond acceptors (Lipinski definition) is 4. The first-order chi connectivity index (χ1) is 11.2. The molecule has 1 saturated heterocycles. The number of nitrogens with zero attached hydrogens (tertiary/aromatic N) is 2. The van der Waals surface area contributed by atoms with E-state index in [4.69, 9.17) is 25.3 Å². The maximum atomic E-state index is 5.17. The molecule has 24 heavy (non-hydrogen) atoms. The van der Waals surface area contributed by atoms with Crippen LogP contribution in [0.15, 0.2) is 59.6 Å². The van der Waals surface area contributed by atoms with Crippen molar-refractivity contribution in [1.82, 2.24) is 4.90 Å². The number of benzene rings is 2. The number of piperidine rings is 1. The van der Waals surface area contributed by atoms with Crippen LogP contribution in [-0.4, -0.2) is 28.9 Å². The van der Waals surface area contributed by atoms with E-state index < -0.39 is 0 Å². The Hall–Kier alpha value is -0.490. The van der Waals surface area contributed by atoms with Crippen molar-refractivity contribution < 1.29 is 22.4 Å². The Morgan fingerprint density at radius 3 is 2.17 bits per heavy atom. The Morgan fingerprint density at radius 2 is 1.58 bits per heavy atom. The van der Waals surface area contributed by atoms with Crippen molar-refractivity contribution in [3.63, 3.8) is 0 Å². The molecule has 0 amide bonds. The van der Waals surface area contributed by atoms with Gasteiger partial charge in [-0.05, 0) is 55.1 Å². The van der Waals surface area contributed by atoms with Crippen LogP contribution in [0.1, 0.15) is 29.9 Å². The fourth-order valence-corrected chi connectivity index (χ4v) is 3.39. The minimum Gasteiger partial charge on any atom is -0.800 e. The molecule has 2 aromatic carbocycles. The van der Waals surface area contributed by atoms with E-state index in [0.717, 1.165) is 37.2 Å². The molecular weight excluding hydrogens is 517 g/mol. The van der Waals surface area contributed by atoms with Gasteiger partial charge in [0.05, 0.1) is 5.69 Å². The van der Waals surface area contributed by atoms with E-state index >= 15 is 0 Å². The zero-order valence-electron chi connectivity index (χ0n) is 13.3. The van der Waals surface area contributed by atoms with Crippen LogP contribution in [0.25, 0.3) is 0 Å². The molecule has 0 atom stereocenters. The summed E-state index contributed by atoms with van der Waals surface area (Å²) in [7, 11) is 0. The van der Waals surface area contributed by atoms with Crippen molar-refractivity contribution in [2.75, 3.05) is 13.1 Å². The summed E-state index contributed by atoms with van der Waals surface area (Å²) in [5, 5.41) is 0. The van der Waals surface area contributed by atoms with Crippen molar-refractivity contribution >= 4 is 37.2 Å². The summed E-state index contributed by atoms with van der Waals surface area (Å²) in [5.74, 6) is 0.613. The standard InChI is InChI=1S/C19H22N2S2.Au/c22-19(23)21-12-10-17(11-13-21)16-6-8-18(9-7-16)20-14-15-4-2-1-3-5-15;/h1-9,14,17,19,22-23H,10-13H2;/p-2. The number of hydrogen-bond donors (Lipinski definition) is 0. The van der Waals surface area contributed by atoms with E-state index in [1.54, 1.807) is 0 Å². The molecule has 0 spiro atoms. The van der Waals surface area contributed by atoms with Gasteiger partial charge in [-0.1, -0.05) is 42.5 Å². The third kappa shape index (κ3) is 5.51. The predicted octanol–water partition coefficient (Wildman–Crippen LogP) is 3.99. The van der Waals surface area contributed by atoms with Gasteiger partial charge in [-0.25, -0.2) is 4.71 Å². The minimum atomic E-state index is -0.161. The summed E-state index contributed by atoms with van der Waals surface area (Å²) in [6.45, 7) is 2.02. The molecule has 0 unspecified atom stereocenters. The Kier molecular flexibility index (Phi) is 8.14. The molecule has 131 valence electrons. The van der Waals surface area contributed by atoms with Gasteiger partial charge in [0.15, 0.2) is 0 Å². The first-order valence-electron chi connectivity index (χ1n) is 7.97. The van der Waals surface area contributed by atoms with Crippen LogP contribution >= 0.6 is 0 Å². The van der Waals surface area contributed by atoms with Crippen LogP contribution in [0.5, 0.6) is 0 Å². The van der Waals surface area contributed by atoms with Gasteiger partial charge in [0.1, 0.15) is 0 Å². The largest absolute Gasteiger partial charge is 0.800 e. The summed E-state index contributed by atoms with van der Waals surface area (Å²) in [5.41, 5.74) is 3.51. The predicted molar refractivity (Wildman–Crippen MR) is 102 cm³/mol. The van der Waals surface area contributed by atoms with Crippen LogP contribution < -0.4 is 0 Å². The molecule has 0 aliphatic carbocycles. The second-order valence-electron chi connectivity index (χ2n) is 5.88. The van der Waals surface area contributed by atoms with Crippen molar-refractivity contribution in [2.24, 2.45) is 4.99 Å². The molecule has 0 bridgehead atoms. The quantitative estimate of drug-likeness (QED) is 0.334. The van der Waals surface area contributed by atoms with Gasteiger partial charge in [0.2, 0.25) is 0 Å². The Morgan fingerprint density at radius 1 is 0.958 bits per heavy atom. The minimum absolute atomic E-state index is 0. The summed E-state index contributed by atoms with van der Waals surface area (Å²) in [4.78, 5) is 6.75. The van der Waals surface area contributed by atoms with Crippen LogP contribution in [0, 0.1) is 0 Å². The number of likely N-dealkylation sites (tertiary alicyclic amines) is 1. The van der Waals surface area contributed by atoms with Gasteiger partial charge >= 0.3 is 0 Å². The van der Waals surface area contributed by atoms with E-state index in [1.165, 1.54) is 5.56 Å². The zero-order valence-corrected chi connectivity index (χ0v) is 17.1. The van der Waals surface area contributed by atoms with Gasteiger partial charge in [0.25, 0.3) is 0 Å². The average molecular weight is 537 g/mol. The van der Waals surface area contributed by atoms with E-state index in [1.807, 2.05) is 24.4 Å². The zero-order chi connectivity index (χ0) is 16.1. The Labute approximate surface area is 171 Å². The van der Waals surface area contributed by atoms with Gasteiger partial charge in [-0.3, -0.25) is 4.99 Å². The second kappa shape index (κ2) is 9.85. The van der Waals surface area contributed by atoms with Gasteiger partial charge in [0, 0.05) is 28.6 Å². The molecule has 0 saturated carbocycles. The summed E-state index contributed by atoms with van der Waals surface area (Å²) in [6, 6.07) is 18.8. The SMILES string of the molecule is [Au].[S-]C([S-])N1CCC(c2ccc(N=Cc3ccccc3)cc2)CC1. The first-order valence-corrected chi connectivity index (χ1v) is 8.91. The van der Waals surface area contributed by atoms with Crippen LogP contribution in [-0.2, 0) is 47.6 Å².